The molecule has 4 aromatic rings. The molecule has 1 aliphatic heterocycles. The van der Waals surface area contributed by atoms with Crippen LogP contribution in [0.25, 0.3) is 15.2 Å². The first-order valence-corrected chi connectivity index (χ1v) is 13.5. The predicted octanol–water partition coefficient (Wildman–Crippen LogP) is 2.12. The fraction of sp³-hybridized carbons (Fsp3) is 0.423. The molecule has 2 unspecified atom stereocenters. The molecule has 1 aliphatic rings. The van der Waals surface area contributed by atoms with E-state index in [1.165, 1.54) is 65.5 Å². The average molecular weight is 573 g/mol. The van der Waals surface area contributed by atoms with Crippen molar-refractivity contribution in [1.29, 1.82) is 0 Å². The molecule has 0 aliphatic carbocycles. The number of carbonyl (C=O) groups excluding carboxylic acids is 1. The number of nitrogens with one attached hydrogen (secondary N) is 1. The summed E-state index contributed by atoms with van der Waals surface area (Å²) in [5, 5.41) is 12.0. The van der Waals surface area contributed by atoms with Gasteiger partial charge in [-0.15, -0.1) is 4.80 Å². The number of halogens is 1. The second-order valence-corrected chi connectivity index (χ2v) is 10.3. The van der Waals surface area contributed by atoms with Crippen molar-refractivity contribution in [2.24, 2.45) is 0 Å². The molecular weight excluding hydrogens is 543 g/mol. The molecule has 40 heavy (non-hydrogen) atoms. The molecule has 4 heterocycles. The van der Waals surface area contributed by atoms with Crippen LogP contribution in [0.3, 0.4) is 0 Å². The van der Waals surface area contributed by atoms with Crippen LogP contribution in [0.2, 0.25) is 0 Å². The average Bonchev–Trinajstić information content (AvgIpc) is 3.59. The van der Waals surface area contributed by atoms with Gasteiger partial charge in [-0.2, -0.15) is 10.2 Å². The highest BCUT2D eigenvalue weighted by molar-refractivity contribution is 7.21. The van der Waals surface area contributed by atoms with Gasteiger partial charge in [0.15, 0.2) is 0 Å². The minimum Gasteiger partial charge on any atom is -0.496 e. The Morgan fingerprint density at radius 1 is 1.18 bits per heavy atom. The molecule has 5 rings (SSSR count). The quantitative estimate of drug-likeness (QED) is 0.286. The highest BCUT2D eigenvalue weighted by Gasteiger charge is 2.31. The lowest BCUT2D eigenvalue weighted by Gasteiger charge is -2.26. The normalized spacial score (nSPS) is 16.3. The Bertz CT molecular complexity index is 1650. The van der Waals surface area contributed by atoms with Crippen LogP contribution in [-0.2, 0) is 20.8 Å². The third kappa shape index (κ3) is 5.05. The minimum absolute atomic E-state index is 0.0978. The monoisotopic (exact) mass is 572 g/mol. The van der Waals surface area contributed by atoms with E-state index in [1.807, 2.05) is 0 Å². The molecule has 14 heteroatoms. The largest absolute Gasteiger partial charge is 0.496 e. The van der Waals surface area contributed by atoms with E-state index < -0.39 is 35.1 Å². The Balaban J connectivity index is 1.75. The molecule has 1 N–H and O–H groups in total. The summed E-state index contributed by atoms with van der Waals surface area (Å²) in [7, 11) is 2.99. The second kappa shape index (κ2) is 11.7. The van der Waals surface area contributed by atoms with Crippen molar-refractivity contribution in [2.75, 3.05) is 34.0 Å². The fourth-order valence-corrected chi connectivity index (χ4v) is 6.16. The minimum atomic E-state index is -0.966. The number of methoxy groups -OCH3 is 2. The number of ether oxygens (including phenoxy) is 3. The van der Waals surface area contributed by atoms with Crippen LogP contribution in [0.5, 0.6) is 5.75 Å². The van der Waals surface area contributed by atoms with Crippen molar-refractivity contribution in [3.8, 4) is 10.8 Å². The number of piperidine rings is 1. The molecule has 12 nitrogen and oxygen atoms in total. The zero-order chi connectivity index (χ0) is 28.4. The first-order valence-electron chi connectivity index (χ1n) is 12.7. The predicted molar refractivity (Wildman–Crippen MR) is 145 cm³/mol. The van der Waals surface area contributed by atoms with Crippen LogP contribution >= 0.6 is 11.3 Å². The van der Waals surface area contributed by atoms with Crippen molar-refractivity contribution in [3.63, 3.8) is 0 Å². The van der Waals surface area contributed by atoms with Gasteiger partial charge in [-0.1, -0.05) is 11.3 Å². The number of fused-ring (bicyclic) bond motifs is 1. The number of amides is 1. The van der Waals surface area contributed by atoms with Crippen molar-refractivity contribution >= 4 is 27.5 Å². The van der Waals surface area contributed by atoms with Gasteiger partial charge in [0.2, 0.25) is 5.91 Å². The molecule has 0 radical (unpaired) electrons. The summed E-state index contributed by atoms with van der Waals surface area (Å²) in [6.07, 6.45) is 3.12. The first kappa shape index (κ1) is 27.7. The summed E-state index contributed by atoms with van der Waals surface area (Å²) in [6, 6.07) is 3.08. The van der Waals surface area contributed by atoms with E-state index in [9.17, 15) is 18.8 Å². The van der Waals surface area contributed by atoms with E-state index in [4.69, 9.17) is 14.2 Å². The molecule has 1 aromatic carbocycles. The Labute approximate surface area is 231 Å². The topological polar surface area (TPSA) is 132 Å². The smallest absolute Gasteiger partial charge is 0.332 e. The highest BCUT2D eigenvalue weighted by Crippen LogP contribution is 2.34. The Hall–Kier alpha value is -3.88. The SMILES string of the molecule is COCCOC(Cn1c(=O)n(C2CCCNC2=O)c(=O)c2c(C)c(-n3nccn3)sc21)c1cc(F)ccc1OC. The van der Waals surface area contributed by atoms with E-state index in [-0.39, 0.29) is 25.1 Å². The van der Waals surface area contributed by atoms with Gasteiger partial charge in [-0.25, -0.2) is 13.8 Å². The number of nitrogens with zero attached hydrogens (tertiary/aromatic N) is 5. The van der Waals surface area contributed by atoms with Gasteiger partial charge in [0, 0.05) is 24.8 Å². The van der Waals surface area contributed by atoms with E-state index >= 15 is 0 Å². The summed E-state index contributed by atoms with van der Waals surface area (Å²) in [5.74, 6) is -0.522. The van der Waals surface area contributed by atoms with Gasteiger partial charge < -0.3 is 19.5 Å². The number of benzene rings is 1. The number of aryl methyl sites for hydroxylation is 1. The number of hydrogen-bond acceptors (Lipinski definition) is 9. The van der Waals surface area contributed by atoms with Crippen molar-refractivity contribution in [2.45, 2.75) is 38.5 Å². The number of rotatable bonds is 10. The van der Waals surface area contributed by atoms with Gasteiger partial charge in [0.05, 0.1) is 44.6 Å². The van der Waals surface area contributed by atoms with Crippen LogP contribution in [0.15, 0.2) is 40.2 Å². The Kier molecular flexibility index (Phi) is 8.09. The van der Waals surface area contributed by atoms with E-state index in [2.05, 4.69) is 15.5 Å². The molecule has 212 valence electrons. The molecule has 1 fully saturated rings. The van der Waals surface area contributed by atoms with Gasteiger partial charge in [0.25, 0.3) is 5.56 Å². The Morgan fingerprint density at radius 2 is 1.95 bits per heavy atom. The molecular formula is C26H29FN6O6S. The van der Waals surface area contributed by atoms with Gasteiger partial charge >= 0.3 is 5.69 Å². The molecule has 2 atom stereocenters. The van der Waals surface area contributed by atoms with Crippen molar-refractivity contribution in [1.82, 2.24) is 29.4 Å². The van der Waals surface area contributed by atoms with Crippen LogP contribution in [-0.4, -0.2) is 64.0 Å². The lowest BCUT2D eigenvalue weighted by atomic mass is 10.1. The molecule has 1 amide bonds. The molecule has 0 spiro atoms. The number of hydrogen-bond donors (Lipinski definition) is 1. The van der Waals surface area contributed by atoms with E-state index in [1.54, 1.807) is 6.92 Å². The molecule has 1 saturated heterocycles. The highest BCUT2D eigenvalue weighted by atomic mass is 32.1. The third-order valence-electron chi connectivity index (χ3n) is 6.88. The third-order valence-corrected chi connectivity index (χ3v) is 8.16. The van der Waals surface area contributed by atoms with Gasteiger partial charge in [0.1, 0.15) is 33.5 Å². The second-order valence-electron chi connectivity index (χ2n) is 9.29. The summed E-state index contributed by atoms with van der Waals surface area (Å²) < 4.78 is 33.5. The molecule has 0 saturated carbocycles. The standard InChI is InChI=1S/C26H29FN6O6S/c1-15-21-23(35)32(18-5-4-8-28-22(18)34)26(36)31(25(21)40-24(15)33-29-9-10-30-33)14-20(39-12-11-37-2)17-13-16(27)6-7-19(17)38-3/h6-7,9-10,13,18,20H,4-5,8,11-12,14H2,1-3H3,(H,28,34). The van der Waals surface area contributed by atoms with E-state index in [0.29, 0.717) is 46.1 Å². The van der Waals surface area contributed by atoms with E-state index in [0.717, 1.165) is 4.57 Å². The lowest BCUT2D eigenvalue weighted by molar-refractivity contribution is -0.126. The summed E-state index contributed by atoms with van der Waals surface area (Å²) in [5.41, 5.74) is -0.281. The lowest BCUT2D eigenvalue weighted by Crippen LogP contribution is -2.49. The Morgan fingerprint density at radius 3 is 2.65 bits per heavy atom. The zero-order valence-corrected chi connectivity index (χ0v) is 23.1. The van der Waals surface area contributed by atoms with Gasteiger partial charge in [-0.3, -0.25) is 14.2 Å². The van der Waals surface area contributed by atoms with Crippen molar-refractivity contribution < 1.29 is 23.4 Å². The van der Waals surface area contributed by atoms with Gasteiger partial charge in [-0.05, 0) is 38.0 Å². The number of thiophene rings is 1. The van der Waals surface area contributed by atoms with Crippen molar-refractivity contribution in [3.05, 3.63) is 68.4 Å². The van der Waals surface area contributed by atoms with Crippen LogP contribution in [0.4, 0.5) is 4.39 Å². The maximum absolute atomic E-state index is 14.4. The molecule has 0 bridgehead atoms. The van der Waals surface area contributed by atoms with Crippen LogP contribution < -0.4 is 21.3 Å². The van der Waals surface area contributed by atoms with Crippen LogP contribution in [0, 0.1) is 12.7 Å². The maximum atomic E-state index is 14.4. The first-order chi connectivity index (χ1) is 19.3. The number of aromatic nitrogens is 5. The fourth-order valence-electron chi connectivity index (χ4n) is 4.94. The zero-order valence-electron chi connectivity index (χ0n) is 22.3. The van der Waals surface area contributed by atoms with Crippen LogP contribution in [0.1, 0.15) is 36.1 Å². The summed E-state index contributed by atoms with van der Waals surface area (Å²) in [4.78, 5) is 42.5. The number of carbonyl (C=O) groups is 1. The summed E-state index contributed by atoms with van der Waals surface area (Å²) >= 11 is 1.17. The summed E-state index contributed by atoms with van der Waals surface area (Å²) in [6.45, 7) is 2.53. The maximum Gasteiger partial charge on any atom is 0.332 e. The molecule has 3 aromatic heterocycles.